The number of morpholine rings is 1. The maximum absolute atomic E-state index is 12.9. The van der Waals surface area contributed by atoms with Crippen molar-refractivity contribution in [3.63, 3.8) is 0 Å². The molecule has 4 N–H and O–H groups in total. The Hall–Kier alpha value is -3.20. The summed E-state index contributed by atoms with van der Waals surface area (Å²) in [5, 5.41) is 11.2. The first-order chi connectivity index (χ1) is 12.6. The van der Waals surface area contributed by atoms with Gasteiger partial charge < -0.3 is 20.7 Å². The molecule has 0 atom stereocenters. The molecular formula is C17H19N7O2. The second-order valence-corrected chi connectivity index (χ2v) is 6.14. The van der Waals surface area contributed by atoms with E-state index in [4.69, 9.17) is 10.5 Å². The molecule has 1 aromatic carbocycles. The standard InChI is InChI=1S/C17H19N7O2/c1-10-6-13-11(8-21-23-13)7-12(10)22-16-14(15(18)19-9-20-16)17(25)24-2-4-26-5-3-24/h6-9H,2-5H2,1H3,(H,21,23)(H3,18,19,20,22). The number of aromatic amines is 1. The van der Waals surface area contributed by atoms with Crippen LogP contribution in [0.3, 0.4) is 0 Å². The molecule has 0 radical (unpaired) electrons. The minimum absolute atomic E-state index is 0.154. The van der Waals surface area contributed by atoms with Crippen LogP contribution in [0.25, 0.3) is 10.9 Å². The van der Waals surface area contributed by atoms with Gasteiger partial charge in [-0.3, -0.25) is 9.89 Å². The van der Waals surface area contributed by atoms with Crippen LogP contribution in [0.4, 0.5) is 17.3 Å². The number of rotatable bonds is 3. The van der Waals surface area contributed by atoms with Crippen molar-refractivity contribution in [3.8, 4) is 0 Å². The van der Waals surface area contributed by atoms with E-state index in [1.165, 1.54) is 6.33 Å². The predicted octanol–water partition coefficient (Wildman–Crippen LogP) is 1.46. The molecule has 9 heteroatoms. The monoisotopic (exact) mass is 353 g/mol. The third-order valence-electron chi connectivity index (χ3n) is 4.43. The number of fused-ring (bicyclic) bond motifs is 1. The molecule has 3 heterocycles. The average Bonchev–Trinajstić information content (AvgIpc) is 3.09. The van der Waals surface area contributed by atoms with Crippen LogP contribution in [0.1, 0.15) is 15.9 Å². The van der Waals surface area contributed by atoms with Crippen molar-refractivity contribution in [1.82, 2.24) is 25.1 Å². The van der Waals surface area contributed by atoms with E-state index in [1.54, 1.807) is 11.1 Å². The molecule has 0 unspecified atom stereocenters. The van der Waals surface area contributed by atoms with Gasteiger partial charge in [-0.1, -0.05) is 0 Å². The summed E-state index contributed by atoms with van der Waals surface area (Å²) < 4.78 is 5.31. The Morgan fingerprint density at radius 2 is 2.12 bits per heavy atom. The number of H-pyrrole nitrogens is 1. The van der Waals surface area contributed by atoms with Gasteiger partial charge >= 0.3 is 0 Å². The third-order valence-corrected chi connectivity index (χ3v) is 4.43. The summed E-state index contributed by atoms with van der Waals surface area (Å²) in [5.74, 6) is 0.344. The second kappa shape index (κ2) is 6.60. The summed E-state index contributed by atoms with van der Waals surface area (Å²) in [6.07, 6.45) is 3.09. The molecule has 3 aromatic rings. The van der Waals surface area contributed by atoms with E-state index >= 15 is 0 Å². The smallest absolute Gasteiger partial charge is 0.261 e. The van der Waals surface area contributed by atoms with Gasteiger partial charge in [0, 0.05) is 24.2 Å². The Morgan fingerprint density at radius 1 is 1.31 bits per heavy atom. The van der Waals surface area contributed by atoms with E-state index in [0.29, 0.717) is 32.1 Å². The first kappa shape index (κ1) is 16.3. The first-order valence-electron chi connectivity index (χ1n) is 8.32. The number of carbonyl (C=O) groups is 1. The lowest BCUT2D eigenvalue weighted by Gasteiger charge is -2.27. The molecule has 4 rings (SSSR count). The molecule has 0 saturated carbocycles. The van der Waals surface area contributed by atoms with Crippen molar-refractivity contribution < 1.29 is 9.53 Å². The summed E-state index contributed by atoms with van der Waals surface area (Å²) >= 11 is 0. The van der Waals surface area contributed by atoms with Crippen LogP contribution in [0.15, 0.2) is 24.7 Å². The van der Waals surface area contributed by atoms with Gasteiger partial charge in [-0.2, -0.15) is 5.10 Å². The fourth-order valence-electron chi connectivity index (χ4n) is 2.99. The highest BCUT2D eigenvalue weighted by molar-refractivity contribution is 6.03. The van der Waals surface area contributed by atoms with Gasteiger partial charge in [0.15, 0.2) is 0 Å². The Bertz CT molecular complexity index is 963. The van der Waals surface area contributed by atoms with Gasteiger partial charge in [-0.05, 0) is 24.6 Å². The Morgan fingerprint density at radius 3 is 2.92 bits per heavy atom. The summed E-state index contributed by atoms with van der Waals surface area (Å²) in [5.41, 5.74) is 9.05. The SMILES string of the molecule is Cc1cc2[nH]ncc2cc1Nc1ncnc(N)c1C(=O)N1CCOCC1. The zero-order valence-corrected chi connectivity index (χ0v) is 14.3. The highest BCUT2D eigenvalue weighted by Gasteiger charge is 2.25. The number of nitrogens with one attached hydrogen (secondary N) is 2. The van der Waals surface area contributed by atoms with Gasteiger partial charge in [-0.15, -0.1) is 0 Å². The molecule has 0 aliphatic carbocycles. The second-order valence-electron chi connectivity index (χ2n) is 6.14. The van der Waals surface area contributed by atoms with Crippen LogP contribution >= 0.6 is 0 Å². The summed E-state index contributed by atoms with van der Waals surface area (Å²) in [7, 11) is 0. The Labute approximate surface area is 149 Å². The predicted molar refractivity (Wildman–Crippen MR) is 97.3 cm³/mol. The number of nitrogens with two attached hydrogens (primary N) is 1. The maximum atomic E-state index is 12.9. The van der Waals surface area contributed by atoms with Crippen LogP contribution in [-0.2, 0) is 4.74 Å². The molecular weight excluding hydrogens is 334 g/mol. The minimum atomic E-state index is -0.198. The molecule has 1 aliphatic heterocycles. The van der Waals surface area contributed by atoms with Gasteiger partial charge in [0.1, 0.15) is 23.5 Å². The van der Waals surface area contributed by atoms with E-state index in [-0.39, 0.29) is 17.3 Å². The highest BCUT2D eigenvalue weighted by atomic mass is 16.5. The molecule has 1 saturated heterocycles. The van der Waals surface area contributed by atoms with Crippen molar-refractivity contribution in [2.45, 2.75) is 6.92 Å². The lowest BCUT2D eigenvalue weighted by molar-refractivity contribution is 0.0304. The number of hydrogen-bond acceptors (Lipinski definition) is 7. The number of aryl methyl sites for hydroxylation is 1. The van der Waals surface area contributed by atoms with E-state index in [1.807, 2.05) is 19.1 Å². The number of amides is 1. The molecule has 1 aliphatic rings. The van der Waals surface area contributed by atoms with Crippen LogP contribution in [0.5, 0.6) is 0 Å². The minimum Gasteiger partial charge on any atom is -0.383 e. The van der Waals surface area contributed by atoms with E-state index < -0.39 is 0 Å². The molecule has 0 bridgehead atoms. The number of carbonyl (C=O) groups excluding carboxylic acids is 1. The number of ether oxygens (including phenoxy) is 1. The quantitative estimate of drug-likeness (QED) is 0.651. The zero-order chi connectivity index (χ0) is 18.1. The van der Waals surface area contributed by atoms with Gasteiger partial charge in [0.25, 0.3) is 5.91 Å². The number of nitrogen functional groups attached to an aromatic ring is 1. The first-order valence-corrected chi connectivity index (χ1v) is 8.32. The van der Waals surface area contributed by atoms with Gasteiger partial charge in [0.05, 0.1) is 24.9 Å². The lowest BCUT2D eigenvalue weighted by Crippen LogP contribution is -2.41. The fourth-order valence-corrected chi connectivity index (χ4v) is 2.99. The van der Waals surface area contributed by atoms with Crippen molar-refractivity contribution >= 4 is 34.1 Å². The molecule has 1 amide bonds. The number of nitrogens with zero attached hydrogens (tertiary/aromatic N) is 4. The van der Waals surface area contributed by atoms with E-state index in [0.717, 1.165) is 22.2 Å². The lowest BCUT2D eigenvalue weighted by atomic mass is 10.1. The van der Waals surface area contributed by atoms with Crippen molar-refractivity contribution in [2.24, 2.45) is 0 Å². The molecule has 0 spiro atoms. The van der Waals surface area contributed by atoms with Crippen LogP contribution in [0.2, 0.25) is 0 Å². The van der Waals surface area contributed by atoms with Crippen molar-refractivity contribution in [1.29, 1.82) is 0 Å². The molecule has 134 valence electrons. The van der Waals surface area contributed by atoms with Crippen LogP contribution in [0, 0.1) is 6.92 Å². The molecule has 2 aromatic heterocycles. The maximum Gasteiger partial charge on any atom is 0.261 e. The van der Waals surface area contributed by atoms with Crippen LogP contribution < -0.4 is 11.1 Å². The number of benzene rings is 1. The van der Waals surface area contributed by atoms with E-state index in [2.05, 4.69) is 25.5 Å². The zero-order valence-electron chi connectivity index (χ0n) is 14.3. The Kier molecular flexibility index (Phi) is 4.13. The van der Waals surface area contributed by atoms with E-state index in [9.17, 15) is 4.79 Å². The normalized spacial score (nSPS) is 14.6. The highest BCUT2D eigenvalue weighted by Crippen LogP contribution is 2.28. The molecule has 9 nitrogen and oxygen atoms in total. The van der Waals surface area contributed by atoms with Crippen LogP contribution in [-0.4, -0.2) is 57.3 Å². The number of hydrogen-bond donors (Lipinski definition) is 3. The third kappa shape index (κ3) is 2.93. The van der Waals surface area contributed by atoms with Gasteiger partial charge in [-0.25, -0.2) is 9.97 Å². The number of anilines is 3. The topological polar surface area (TPSA) is 122 Å². The summed E-state index contributed by atoms with van der Waals surface area (Å²) in [6, 6.07) is 3.94. The summed E-state index contributed by atoms with van der Waals surface area (Å²) in [6.45, 7) is 4.03. The number of aromatic nitrogens is 4. The Balaban J connectivity index is 1.70. The van der Waals surface area contributed by atoms with Crippen molar-refractivity contribution in [3.05, 3.63) is 35.8 Å². The fraction of sp³-hybridized carbons (Fsp3) is 0.294. The molecule has 1 fully saturated rings. The van der Waals surface area contributed by atoms with Gasteiger partial charge in [0.2, 0.25) is 0 Å². The van der Waals surface area contributed by atoms with Crippen molar-refractivity contribution in [2.75, 3.05) is 37.4 Å². The largest absolute Gasteiger partial charge is 0.383 e. The average molecular weight is 353 g/mol. The summed E-state index contributed by atoms with van der Waals surface area (Å²) in [4.78, 5) is 22.9. The molecule has 26 heavy (non-hydrogen) atoms.